The van der Waals surface area contributed by atoms with Crippen molar-refractivity contribution in [2.24, 2.45) is 0 Å². The van der Waals surface area contributed by atoms with Crippen LogP contribution in [0.4, 0.5) is 0 Å². The highest BCUT2D eigenvalue weighted by atomic mass is 32.1. The number of hydrazine groups is 1. The molecule has 0 spiro atoms. The summed E-state index contributed by atoms with van der Waals surface area (Å²) in [6.45, 7) is 0.539. The number of aliphatic hydroxyl groups excluding tert-OH is 1. The lowest BCUT2D eigenvalue weighted by atomic mass is 10.2. The van der Waals surface area contributed by atoms with Crippen LogP contribution in [0.25, 0.3) is 11.0 Å². The summed E-state index contributed by atoms with van der Waals surface area (Å²) in [5.41, 5.74) is 7.99. The summed E-state index contributed by atoms with van der Waals surface area (Å²) in [5, 5.41) is 14.6. The van der Waals surface area contributed by atoms with Crippen molar-refractivity contribution >= 4 is 28.4 Å². The summed E-state index contributed by atoms with van der Waals surface area (Å²) in [6, 6.07) is 11.4. The lowest BCUT2D eigenvalue weighted by molar-refractivity contribution is 0.132. The Hall–Kier alpha value is -2.68. The van der Waals surface area contributed by atoms with Gasteiger partial charge in [-0.05, 0) is 42.0 Å². The van der Waals surface area contributed by atoms with Gasteiger partial charge in [-0.2, -0.15) is 0 Å². The number of thiocarbonyl (C=S) groups is 1. The Labute approximate surface area is 150 Å². The fourth-order valence-corrected chi connectivity index (χ4v) is 2.56. The molecule has 5 N–H and O–H groups in total. The van der Waals surface area contributed by atoms with E-state index in [0.29, 0.717) is 17.2 Å². The van der Waals surface area contributed by atoms with E-state index in [4.69, 9.17) is 17.0 Å². The van der Waals surface area contributed by atoms with E-state index in [1.165, 1.54) is 0 Å². The number of fused-ring (bicyclic) bond motifs is 1. The van der Waals surface area contributed by atoms with Crippen molar-refractivity contribution in [3.8, 4) is 5.75 Å². The fourth-order valence-electron chi connectivity index (χ4n) is 2.42. The number of aromatic nitrogens is 2. The largest absolute Gasteiger partial charge is 0.497 e. The van der Waals surface area contributed by atoms with Crippen LogP contribution in [0.2, 0.25) is 0 Å². The van der Waals surface area contributed by atoms with E-state index >= 15 is 0 Å². The van der Waals surface area contributed by atoms with Crippen molar-refractivity contribution in [3.05, 3.63) is 59.9 Å². The van der Waals surface area contributed by atoms with Gasteiger partial charge in [0.2, 0.25) is 0 Å². The molecule has 2 heterocycles. The summed E-state index contributed by atoms with van der Waals surface area (Å²) >= 11 is 5.21. The smallest absolute Gasteiger partial charge is 0.181 e. The molecule has 8 heteroatoms. The van der Waals surface area contributed by atoms with Crippen molar-refractivity contribution < 1.29 is 9.84 Å². The first kappa shape index (κ1) is 17.2. The van der Waals surface area contributed by atoms with E-state index in [2.05, 4.69) is 26.1 Å². The molecule has 0 bridgehead atoms. The van der Waals surface area contributed by atoms with Crippen molar-refractivity contribution in [1.82, 2.24) is 26.1 Å². The molecule has 1 atom stereocenters. The normalized spacial score (nSPS) is 11.9. The van der Waals surface area contributed by atoms with Crippen LogP contribution in [0.5, 0.6) is 5.75 Å². The predicted octanol–water partition coefficient (Wildman–Crippen LogP) is 1.73. The maximum atomic E-state index is 10.3. The molecule has 0 amide bonds. The number of hydrogen-bond donors (Lipinski definition) is 5. The molecule has 0 saturated carbocycles. The minimum Gasteiger partial charge on any atom is -0.497 e. The summed E-state index contributed by atoms with van der Waals surface area (Å²) in [4.78, 5) is 7.21. The molecular weight excluding hydrogens is 338 g/mol. The van der Waals surface area contributed by atoms with Gasteiger partial charge in [0.05, 0.1) is 7.11 Å². The molecule has 0 fully saturated rings. The van der Waals surface area contributed by atoms with Crippen molar-refractivity contribution in [2.75, 3.05) is 7.11 Å². The van der Waals surface area contributed by atoms with Crippen LogP contribution >= 0.6 is 12.2 Å². The monoisotopic (exact) mass is 357 g/mol. The standard InChI is InChI=1S/C17H19N5O2S/c1-24-12-5-2-4-11(8-12)9-20-17(25)22-21-16(23)14-10-19-15-13(14)6-3-7-18-15/h2-8,10,16,21,23H,9H2,1H3,(H,18,19)(H2,20,22,25). The first-order valence-electron chi connectivity index (χ1n) is 7.70. The molecule has 2 aromatic heterocycles. The molecule has 3 rings (SSSR count). The average molecular weight is 357 g/mol. The van der Waals surface area contributed by atoms with Crippen LogP contribution in [0.15, 0.2) is 48.8 Å². The van der Waals surface area contributed by atoms with Crippen LogP contribution in [0.3, 0.4) is 0 Å². The van der Waals surface area contributed by atoms with E-state index in [9.17, 15) is 5.11 Å². The van der Waals surface area contributed by atoms with E-state index < -0.39 is 6.23 Å². The molecule has 7 nitrogen and oxygen atoms in total. The molecule has 130 valence electrons. The van der Waals surface area contributed by atoms with Crippen LogP contribution in [-0.2, 0) is 6.54 Å². The van der Waals surface area contributed by atoms with Crippen LogP contribution in [0.1, 0.15) is 17.4 Å². The van der Waals surface area contributed by atoms with Gasteiger partial charge in [-0.3, -0.25) is 5.43 Å². The molecule has 0 aliphatic carbocycles. The number of rotatable bonds is 6. The van der Waals surface area contributed by atoms with Gasteiger partial charge < -0.3 is 20.1 Å². The second-order valence-electron chi connectivity index (χ2n) is 5.35. The number of ether oxygens (including phenoxy) is 1. The zero-order chi connectivity index (χ0) is 17.6. The number of methoxy groups -OCH3 is 1. The third-order valence-corrected chi connectivity index (χ3v) is 3.93. The summed E-state index contributed by atoms with van der Waals surface area (Å²) in [5.74, 6) is 0.791. The van der Waals surface area contributed by atoms with Gasteiger partial charge in [0.15, 0.2) is 5.11 Å². The Balaban J connectivity index is 1.51. The summed E-state index contributed by atoms with van der Waals surface area (Å²) in [6.07, 6.45) is 2.47. The topological polar surface area (TPSA) is 94.2 Å². The van der Waals surface area contributed by atoms with Gasteiger partial charge >= 0.3 is 0 Å². The van der Waals surface area contributed by atoms with Gasteiger partial charge in [-0.1, -0.05) is 12.1 Å². The van der Waals surface area contributed by atoms with Crippen LogP contribution in [-0.4, -0.2) is 27.3 Å². The summed E-state index contributed by atoms with van der Waals surface area (Å²) in [7, 11) is 1.63. The first-order chi connectivity index (χ1) is 12.2. The molecule has 1 unspecified atom stereocenters. The maximum Gasteiger partial charge on any atom is 0.181 e. The van der Waals surface area contributed by atoms with E-state index in [-0.39, 0.29) is 0 Å². The lowest BCUT2D eigenvalue weighted by Crippen LogP contribution is -2.45. The lowest BCUT2D eigenvalue weighted by Gasteiger charge is -2.16. The molecule has 0 saturated heterocycles. The molecule has 3 aromatic rings. The van der Waals surface area contributed by atoms with Gasteiger partial charge in [-0.25, -0.2) is 10.4 Å². The minimum atomic E-state index is -0.936. The van der Waals surface area contributed by atoms with E-state index in [1.54, 1.807) is 19.5 Å². The second kappa shape index (κ2) is 7.93. The Morgan fingerprint density at radius 2 is 2.24 bits per heavy atom. The van der Waals surface area contributed by atoms with Gasteiger partial charge in [0.1, 0.15) is 17.6 Å². The van der Waals surface area contributed by atoms with Gasteiger partial charge in [-0.15, -0.1) is 0 Å². The number of aromatic amines is 1. The van der Waals surface area contributed by atoms with E-state index in [0.717, 1.165) is 22.3 Å². The zero-order valence-corrected chi connectivity index (χ0v) is 14.4. The third-order valence-electron chi connectivity index (χ3n) is 3.69. The quantitative estimate of drug-likeness (QED) is 0.261. The van der Waals surface area contributed by atoms with Crippen molar-refractivity contribution in [3.63, 3.8) is 0 Å². The number of nitrogens with one attached hydrogen (secondary N) is 4. The number of aliphatic hydroxyl groups is 1. The van der Waals surface area contributed by atoms with Gasteiger partial charge in [0, 0.05) is 29.9 Å². The zero-order valence-electron chi connectivity index (χ0n) is 13.6. The molecule has 0 aliphatic heterocycles. The van der Waals surface area contributed by atoms with Crippen molar-refractivity contribution in [1.29, 1.82) is 0 Å². The predicted molar refractivity (Wildman–Crippen MR) is 99.8 cm³/mol. The maximum absolute atomic E-state index is 10.3. The first-order valence-corrected chi connectivity index (χ1v) is 8.10. The van der Waals surface area contributed by atoms with Crippen molar-refractivity contribution in [2.45, 2.75) is 12.8 Å². The number of pyridine rings is 1. The third kappa shape index (κ3) is 4.24. The van der Waals surface area contributed by atoms with Crippen LogP contribution < -0.4 is 20.9 Å². The summed E-state index contributed by atoms with van der Waals surface area (Å²) < 4.78 is 5.19. The molecule has 0 aliphatic rings. The number of nitrogens with zero attached hydrogens (tertiary/aromatic N) is 1. The Kier molecular flexibility index (Phi) is 5.44. The number of benzene rings is 1. The molecular formula is C17H19N5O2S. The highest BCUT2D eigenvalue weighted by molar-refractivity contribution is 7.80. The van der Waals surface area contributed by atoms with Crippen LogP contribution in [0, 0.1) is 0 Å². The highest BCUT2D eigenvalue weighted by Gasteiger charge is 2.13. The SMILES string of the molecule is COc1cccc(CNC(=S)NNC(O)c2c[nH]c3ncccc23)c1. The highest BCUT2D eigenvalue weighted by Crippen LogP contribution is 2.20. The van der Waals surface area contributed by atoms with E-state index in [1.807, 2.05) is 36.4 Å². The average Bonchev–Trinajstić information content (AvgIpc) is 3.09. The Morgan fingerprint density at radius 3 is 3.08 bits per heavy atom. The molecule has 1 aromatic carbocycles. The number of H-pyrrole nitrogens is 1. The fraction of sp³-hybridized carbons (Fsp3) is 0.176. The van der Waals surface area contributed by atoms with Gasteiger partial charge in [0.25, 0.3) is 0 Å². The Morgan fingerprint density at radius 1 is 1.36 bits per heavy atom. The molecule has 25 heavy (non-hydrogen) atoms. The minimum absolute atomic E-state index is 0.375. The second-order valence-corrected chi connectivity index (χ2v) is 5.76. The molecule has 0 radical (unpaired) electrons. The number of hydrogen-bond acceptors (Lipinski definition) is 5. The Bertz CT molecular complexity index is 867.